The van der Waals surface area contributed by atoms with E-state index in [2.05, 4.69) is 4.98 Å². The summed E-state index contributed by atoms with van der Waals surface area (Å²) >= 11 is 6.26. The third-order valence-electron chi connectivity index (χ3n) is 4.81. The summed E-state index contributed by atoms with van der Waals surface area (Å²) in [7, 11) is -0.886. The number of halogens is 1. The van der Waals surface area contributed by atoms with Crippen LogP contribution in [0, 0.1) is 0 Å². The zero-order chi connectivity index (χ0) is 19.0. The molecule has 0 aliphatic rings. The smallest absolute Gasteiger partial charge is 0.399 e. The molecule has 0 fully saturated rings. The van der Waals surface area contributed by atoms with Crippen molar-refractivity contribution in [1.82, 2.24) is 4.98 Å². The van der Waals surface area contributed by atoms with Gasteiger partial charge in [-0.25, -0.2) is 0 Å². The van der Waals surface area contributed by atoms with Crippen LogP contribution in [0.2, 0.25) is 5.02 Å². The molecule has 0 bridgehead atoms. The van der Waals surface area contributed by atoms with Crippen molar-refractivity contribution in [1.29, 1.82) is 0 Å². The monoisotopic (exact) mass is 357 g/mol. The standard InChI is InChI=1S/C17H29BClNO4/c1-14(2,21)16(5,6)23-18(12-9-10-20-11-13(12)19)24-17(7,8)15(3,4)22/h9-11,21-22H,1-8H3. The van der Waals surface area contributed by atoms with E-state index in [-0.39, 0.29) is 0 Å². The molecule has 1 heterocycles. The van der Waals surface area contributed by atoms with Gasteiger partial charge in [0.25, 0.3) is 0 Å². The van der Waals surface area contributed by atoms with E-state index in [1.54, 1.807) is 67.7 Å². The van der Waals surface area contributed by atoms with E-state index in [1.807, 2.05) is 0 Å². The van der Waals surface area contributed by atoms with Crippen LogP contribution in [0.5, 0.6) is 0 Å². The highest BCUT2D eigenvalue weighted by molar-refractivity contribution is 6.65. The van der Waals surface area contributed by atoms with E-state index in [0.29, 0.717) is 10.5 Å². The first kappa shape index (κ1) is 21.4. The molecule has 24 heavy (non-hydrogen) atoms. The van der Waals surface area contributed by atoms with E-state index in [9.17, 15) is 10.2 Å². The molecule has 5 nitrogen and oxygen atoms in total. The molecular formula is C17H29BClNO4. The molecule has 1 aromatic rings. The van der Waals surface area contributed by atoms with Crippen LogP contribution in [0.4, 0.5) is 0 Å². The zero-order valence-electron chi connectivity index (χ0n) is 15.8. The van der Waals surface area contributed by atoms with E-state index in [0.717, 1.165) is 0 Å². The van der Waals surface area contributed by atoms with Crippen molar-refractivity contribution >= 4 is 24.2 Å². The third-order valence-corrected chi connectivity index (χ3v) is 5.12. The van der Waals surface area contributed by atoms with Crippen LogP contribution in [-0.2, 0) is 9.31 Å². The Morgan fingerprint density at radius 2 is 1.33 bits per heavy atom. The predicted octanol–water partition coefficient (Wildman–Crippen LogP) is 2.56. The second-order valence-corrected chi connectivity index (χ2v) is 8.51. The third kappa shape index (κ3) is 4.93. The fraction of sp³-hybridized carbons (Fsp3) is 0.706. The van der Waals surface area contributed by atoms with Crippen LogP contribution in [0.1, 0.15) is 55.4 Å². The lowest BCUT2D eigenvalue weighted by atomic mass is 9.74. The summed E-state index contributed by atoms with van der Waals surface area (Å²) in [6.07, 6.45) is 3.10. The Morgan fingerprint density at radius 3 is 1.67 bits per heavy atom. The average Bonchev–Trinajstić information content (AvgIpc) is 2.35. The van der Waals surface area contributed by atoms with Gasteiger partial charge in [0.05, 0.1) is 27.4 Å². The molecule has 2 N–H and O–H groups in total. The summed E-state index contributed by atoms with van der Waals surface area (Å²) in [5, 5.41) is 21.2. The fourth-order valence-electron chi connectivity index (χ4n) is 1.55. The summed E-state index contributed by atoms with van der Waals surface area (Å²) in [6, 6.07) is 1.70. The average molecular weight is 358 g/mol. The normalized spacial score (nSPS) is 14.0. The van der Waals surface area contributed by atoms with Crippen LogP contribution < -0.4 is 5.46 Å². The van der Waals surface area contributed by atoms with Gasteiger partial charge in [0, 0.05) is 17.9 Å². The highest BCUT2D eigenvalue weighted by Gasteiger charge is 2.46. The van der Waals surface area contributed by atoms with Gasteiger partial charge >= 0.3 is 7.12 Å². The van der Waals surface area contributed by atoms with Gasteiger partial charge in [0.2, 0.25) is 0 Å². The molecule has 0 amide bonds. The van der Waals surface area contributed by atoms with Crippen LogP contribution >= 0.6 is 11.6 Å². The van der Waals surface area contributed by atoms with Crippen molar-refractivity contribution in [2.24, 2.45) is 0 Å². The van der Waals surface area contributed by atoms with Crippen molar-refractivity contribution in [2.75, 3.05) is 0 Å². The lowest BCUT2D eigenvalue weighted by Crippen LogP contribution is -2.59. The van der Waals surface area contributed by atoms with Gasteiger partial charge in [-0.15, -0.1) is 0 Å². The van der Waals surface area contributed by atoms with Crippen molar-refractivity contribution < 1.29 is 19.5 Å². The molecule has 7 heteroatoms. The maximum atomic E-state index is 10.4. The van der Waals surface area contributed by atoms with Gasteiger partial charge in [-0.1, -0.05) is 11.6 Å². The molecule has 0 atom stereocenters. The Bertz CT molecular complexity index is 536. The minimum absolute atomic E-state index is 0.389. The van der Waals surface area contributed by atoms with E-state index in [4.69, 9.17) is 20.9 Å². The Morgan fingerprint density at radius 1 is 0.917 bits per heavy atom. The van der Waals surface area contributed by atoms with E-state index >= 15 is 0 Å². The van der Waals surface area contributed by atoms with E-state index in [1.165, 1.54) is 6.20 Å². The topological polar surface area (TPSA) is 71.8 Å². The molecule has 0 aromatic carbocycles. The van der Waals surface area contributed by atoms with Crippen LogP contribution in [0.15, 0.2) is 18.5 Å². The Labute approximate surface area is 150 Å². The van der Waals surface area contributed by atoms with Gasteiger partial charge in [0.1, 0.15) is 0 Å². The lowest BCUT2D eigenvalue weighted by Gasteiger charge is -2.43. The number of aliphatic hydroxyl groups is 2. The highest BCUT2D eigenvalue weighted by Crippen LogP contribution is 2.30. The van der Waals surface area contributed by atoms with Gasteiger partial charge in [-0.3, -0.25) is 4.98 Å². The number of hydrogen-bond donors (Lipinski definition) is 2. The maximum absolute atomic E-state index is 10.4. The van der Waals surface area contributed by atoms with Gasteiger partial charge in [0.15, 0.2) is 0 Å². The van der Waals surface area contributed by atoms with Crippen molar-refractivity contribution in [3.63, 3.8) is 0 Å². The molecule has 1 aromatic heterocycles. The number of rotatable bonds is 7. The number of aromatic nitrogens is 1. The zero-order valence-corrected chi connectivity index (χ0v) is 16.6. The van der Waals surface area contributed by atoms with Crippen LogP contribution in [0.3, 0.4) is 0 Å². The Hall–Kier alpha value is -0.655. The maximum Gasteiger partial charge on any atom is 0.496 e. The molecule has 1 rings (SSSR count). The second kappa shape index (κ2) is 6.92. The van der Waals surface area contributed by atoms with Crippen molar-refractivity contribution in [3.05, 3.63) is 23.5 Å². The molecule has 0 spiro atoms. The summed E-state index contributed by atoms with van der Waals surface area (Å²) < 4.78 is 12.2. The molecule has 0 saturated carbocycles. The van der Waals surface area contributed by atoms with E-state index < -0.39 is 29.5 Å². The Kier molecular flexibility index (Phi) is 6.17. The molecule has 0 saturated heterocycles. The first-order valence-corrected chi connectivity index (χ1v) is 8.36. The van der Waals surface area contributed by atoms with Gasteiger partial charge in [-0.2, -0.15) is 0 Å². The SMILES string of the molecule is CC(C)(O)C(C)(C)OB(OC(C)(C)C(C)(C)O)c1ccncc1Cl. The number of nitrogens with zero attached hydrogens (tertiary/aromatic N) is 1. The molecule has 0 aliphatic heterocycles. The molecular weight excluding hydrogens is 328 g/mol. The molecule has 0 aliphatic carbocycles. The largest absolute Gasteiger partial charge is 0.496 e. The Balaban J connectivity index is 3.27. The van der Waals surface area contributed by atoms with Crippen molar-refractivity contribution in [3.8, 4) is 0 Å². The second-order valence-electron chi connectivity index (χ2n) is 8.10. The number of hydrogen-bond acceptors (Lipinski definition) is 5. The predicted molar refractivity (Wildman–Crippen MR) is 97.6 cm³/mol. The number of pyridine rings is 1. The minimum atomic E-state index is -1.12. The summed E-state index contributed by atoms with van der Waals surface area (Å²) in [6.45, 7) is 13.8. The highest BCUT2D eigenvalue weighted by atomic mass is 35.5. The quantitative estimate of drug-likeness (QED) is 0.734. The molecule has 0 unspecified atom stereocenters. The summed E-state index contributed by atoms with van der Waals surface area (Å²) in [5.41, 5.74) is -3.51. The molecule has 0 radical (unpaired) electrons. The summed E-state index contributed by atoms with van der Waals surface area (Å²) in [5.74, 6) is 0. The minimum Gasteiger partial charge on any atom is -0.399 e. The van der Waals surface area contributed by atoms with Crippen molar-refractivity contribution in [2.45, 2.75) is 77.8 Å². The first-order chi connectivity index (χ1) is 10.6. The van der Waals surface area contributed by atoms with Gasteiger partial charge < -0.3 is 19.5 Å². The van der Waals surface area contributed by atoms with Crippen LogP contribution in [-0.4, -0.2) is 44.7 Å². The van der Waals surface area contributed by atoms with Gasteiger partial charge in [-0.05, 0) is 61.5 Å². The molecule has 136 valence electrons. The van der Waals surface area contributed by atoms with Crippen LogP contribution in [0.25, 0.3) is 0 Å². The first-order valence-electron chi connectivity index (χ1n) is 7.98. The fourth-order valence-corrected chi connectivity index (χ4v) is 1.76. The summed E-state index contributed by atoms with van der Waals surface area (Å²) in [4.78, 5) is 3.98. The lowest BCUT2D eigenvalue weighted by molar-refractivity contribution is -0.131.